The quantitative estimate of drug-likeness (QED) is 0.0670. The van der Waals surface area contributed by atoms with Crippen LogP contribution < -0.4 is 31.3 Å². The van der Waals surface area contributed by atoms with E-state index in [9.17, 15) is 33.0 Å². The molecule has 1 unspecified atom stereocenters. The minimum Gasteiger partial charge on any atom is -0.489 e. The van der Waals surface area contributed by atoms with Crippen molar-refractivity contribution in [3.05, 3.63) is 135 Å². The first-order valence-corrected chi connectivity index (χ1v) is 22.8. The third-order valence-electron chi connectivity index (χ3n) is 9.14. The zero-order valence-corrected chi connectivity index (χ0v) is 38.3. The van der Waals surface area contributed by atoms with E-state index in [1.54, 1.807) is 118 Å². The molecule has 0 bridgehead atoms. The van der Waals surface area contributed by atoms with E-state index in [-0.39, 0.29) is 38.2 Å². The number of esters is 1. The van der Waals surface area contributed by atoms with Crippen molar-refractivity contribution in [2.24, 2.45) is 0 Å². The van der Waals surface area contributed by atoms with Crippen LogP contribution in [0.25, 0.3) is 0 Å². The van der Waals surface area contributed by atoms with Gasteiger partial charge in [0.05, 0.1) is 13.1 Å². The zero-order chi connectivity index (χ0) is 46.6. The van der Waals surface area contributed by atoms with Gasteiger partial charge in [-0.05, 0) is 68.1 Å². The fraction of sp³-hybridized carbons (Fsp3) is 0.348. The van der Waals surface area contributed by atoms with Gasteiger partial charge in [0.2, 0.25) is 23.6 Å². The molecule has 0 fully saturated rings. The van der Waals surface area contributed by atoms with Crippen LogP contribution in [0.5, 0.6) is 5.75 Å². The Balaban J connectivity index is 1.35. The number of hydrogen-bond donors (Lipinski definition) is 5. The van der Waals surface area contributed by atoms with E-state index in [0.29, 0.717) is 32.5 Å². The molecular formula is C46H53Cl2N5O10S. The Hall–Kier alpha value is -5.97. The second-order valence-corrected chi connectivity index (χ2v) is 17.9. The third kappa shape index (κ3) is 18.4. The number of ether oxygens (including phenoxy) is 3. The Morgan fingerprint density at radius 2 is 1.19 bits per heavy atom. The summed E-state index contributed by atoms with van der Waals surface area (Å²) >= 11 is 12.5. The first kappa shape index (κ1) is 50.7. The van der Waals surface area contributed by atoms with Gasteiger partial charge in [0, 0.05) is 51.3 Å². The van der Waals surface area contributed by atoms with E-state index in [2.05, 4.69) is 26.6 Å². The van der Waals surface area contributed by atoms with E-state index in [1.165, 1.54) is 6.26 Å². The molecule has 4 rings (SSSR count). The van der Waals surface area contributed by atoms with Crippen LogP contribution in [0.3, 0.4) is 0 Å². The number of carbonyl (C=O) groups is 6. The molecule has 0 aliphatic rings. The van der Waals surface area contributed by atoms with Crippen LogP contribution >= 0.6 is 23.2 Å². The summed E-state index contributed by atoms with van der Waals surface area (Å²) < 4.78 is 28.6. The molecule has 0 aliphatic heterocycles. The summed E-state index contributed by atoms with van der Waals surface area (Å²) in [5.41, 5.74) is 1.85. The maximum absolute atomic E-state index is 13.7. The predicted molar refractivity (Wildman–Crippen MR) is 244 cm³/mol. The first-order valence-electron chi connectivity index (χ1n) is 20.3. The third-order valence-corrected chi connectivity index (χ3v) is 10.7. The zero-order valence-electron chi connectivity index (χ0n) is 36.0. The summed E-state index contributed by atoms with van der Waals surface area (Å²) in [6, 6.07) is 26.2. The molecule has 4 atom stereocenters. The number of carbonyl (C=O) groups excluding carboxylic acids is 6. The molecule has 0 aromatic heterocycles. The number of amides is 5. The van der Waals surface area contributed by atoms with Crippen LogP contribution in [0.2, 0.25) is 10.0 Å². The van der Waals surface area contributed by atoms with E-state index in [0.717, 1.165) is 5.56 Å². The predicted octanol–water partition coefficient (Wildman–Crippen LogP) is 4.96. The topological polar surface area (TPSA) is 207 Å². The van der Waals surface area contributed by atoms with E-state index in [4.69, 9.17) is 37.4 Å². The molecule has 4 aromatic rings. The molecule has 5 amide bonds. The normalized spacial score (nSPS) is 12.9. The van der Waals surface area contributed by atoms with Crippen LogP contribution in [0.4, 0.5) is 4.79 Å². The van der Waals surface area contributed by atoms with E-state index in [1.807, 2.05) is 6.07 Å². The Bertz CT molecular complexity index is 2210. The van der Waals surface area contributed by atoms with Crippen LogP contribution in [0, 0.1) is 0 Å². The summed E-state index contributed by atoms with van der Waals surface area (Å²) in [7, 11) is -1.28. The lowest BCUT2D eigenvalue weighted by molar-refractivity contribution is -0.149. The van der Waals surface area contributed by atoms with E-state index < -0.39 is 83.3 Å². The summed E-state index contributed by atoms with van der Waals surface area (Å²) in [5, 5.41) is 13.7. The van der Waals surface area contributed by atoms with Crippen LogP contribution in [0.15, 0.2) is 103 Å². The lowest BCUT2D eigenvalue weighted by Gasteiger charge is -2.23. The van der Waals surface area contributed by atoms with Gasteiger partial charge < -0.3 is 40.8 Å². The Morgan fingerprint density at radius 1 is 0.625 bits per heavy atom. The van der Waals surface area contributed by atoms with Crippen molar-refractivity contribution in [3.63, 3.8) is 0 Å². The van der Waals surface area contributed by atoms with Gasteiger partial charge in [-0.2, -0.15) is 0 Å². The average molecular weight is 939 g/mol. The molecule has 0 spiro atoms. The molecule has 4 aromatic carbocycles. The molecule has 15 nitrogen and oxygen atoms in total. The van der Waals surface area contributed by atoms with Gasteiger partial charge in [-0.25, -0.2) is 9.59 Å². The van der Waals surface area contributed by atoms with Gasteiger partial charge >= 0.3 is 12.1 Å². The van der Waals surface area contributed by atoms with Crippen molar-refractivity contribution < 1.29 is 47.2 Å². The van der Waals surface area contributed by atoms with Crippen LogP contribution in [-0.4, -0.2) is 88.7 Å². The molecule has 0 saturated heterocycles. The fourth-order valence-electron chi connectivity index (χ4n) is 5.91. The lowest BCUT2D eigenvalue weighted by Crippen LogP contribution is -2.54. The summed E-state index contributed by atoms with van der Waals surface area (Å²) in [6.45, 7) is 3.97. The first-order chi connectivity index (χ1) is 30.4. The van der Waals surface area contributed by atoms with Gasteiger partial charge in [-0.3, -0.25) is 23.4 Å². The number of rotatable bonds is 22. The number of halogens is 2. The number of hydrogen-bond acceptors (Lipinski definition) is 10. The largest absolute Gasteiger partial charge is 0.489 e. The van der Waals surface area contributed by atoms with Gasteiger partial charge in [0.15, 0.2) is 0 Å². The van der Waals surface area contributed by atoms with Crippen molar-refractivity contribution in [1.82, 2.24) is 26.6 Å². The van der Waals surface area contributed by atoms with E-state index >= 15 is 0 Å². The SMILES string of the molecule is CS(=O)CC[C@H](NC(=O)[C@H](Cc1ccccc1)NC(=O)CNC(=O)CNC(=O)[C@H](Cc1ccc(OCc2c(Cl)cccc2Cl)cc1)NC(=O)OC(C)(C)C)C(=O)OCc1ccccc1. The Labute approximate surface area is 385 Å². The lowest BCUT2D eigenvalue weighted by atomic mass is 10.0. The molecular weight excluding hydrogens is 886 g/mol. The molecule has 0 radical (unpaired) electrons. The number of alkyl carbamates (subject to hydrolysis) is 1. The number of nitrogens with one attached hydrogen (secondary N) is 5. The molecule has 5 N–H and O–H groups in total. The van der Waals surface area contributed by atoms with Crippen molar-refractivity contribution in [3.8, 4) is 5.75 Å². The molecule has 0 saturated carbocycles. The second kappa shape index (κ2) is 25.4. The molecule has 0 heterocycles. The van der Waals surface area contributed by atoms with Crippen molar-refractivity contribution in [2.75, 3.05) is 25.1 Å². The molecule has 342 valence electrons. The Kier molecular flexibility index (Phi) is 20.1. The maximum Gasteiger partial charge on any atom is 0.408 e. The smallest absolute Gasteiger partial charge is 0.408 e. The summed E-state index contributed by atoms with van der Waals surface area (Å²) in [4.78, 5) is 79.1. The van der Waals surface area contributed by atoms with Gasteiger partial charge in [-0.15, -0.1) is 0 Å². The van der Waals surface area contributed by atoms with Gasteiger partial charge in [-0.1, -0.05) is 102 Å². The van der Waals surface area contributed by atoms with Crippen LogP contribution in [-0.2, 0) is 70.3 Å². The highest BCUT2D eigenvalue weighted by atomic mass is 35.5. The van der Waals surface area contributed by atoms with Crippen molar-refractivity contribution in [1.29, 1.82) is 0 Å². The minimum absolute atomic E-state index is 0.0124. The van der Waals surface area contributed by atoms with Gasteiger partial charge in [0.25, 0.3) is 0 Å². The highest BCUT2D eigenvalue weighted by molar-refractivity contribution is 7.84. The average Bonchev–Trinajstić information content (AvgIpc) is 3.25. The Morgan fingerprint density at radius 3 is 1.78 bits per heavy atom. The second-order valence-electron chi connectivity index (χ2n) is 15.6. The van der Waals surface area contributed by atoms with Crippen molar-refractivity contribution >= 4 is 69.7 Å². The highest BCUT2D eigenvalue weighted by Gasteiger charge is 2.29. The van der Waals surface area contributed by atoms with Crippen molar-refractivity contribution in [2.45, 2.75) is 77.0 Å². The fourth-order valence-corrected chi connectivity index (χ4v) is 6.99. The minimum atomic E-state index is -1.28. The standard InChI is InChI=1S/C46H53Cl2N5O10S/c1-46(2,3)63-45(59)53-38(25-31-18-20-33(21-19-31)61-29-34-35(47)16-11-17-36(34)48)42(56)50-26-40(54)49-27-41(55)51-39(24-30-12-7-5-8-13-30)43(57)52-37(22-23-64(4)60)44(58)62-28-32-14-9-6-10-15-32/h5-21,37-39H,22-29H2,1-4H3,(H,49,54)(H,50,56)(H,51,55)(H,52,57)(H,53,59)/t37-,38-,39-,64?/m0/s1. The molecule has 64 heavy (non-hydrogen) atoms. The molecule has 0 aliphatic carbocycles. The monoisotopic (exact) mass is 937 g/mol. The van der Waals surface area contributed by atoms with Gasteiger partial charge in [0.1, 0.15) is 42.7 Å². The number of benzene rings is 4. The van der Waals surface area contributed by atoms with Crippen LogP contribution in [0.1, 0.15) is 49.4 Å². The summed E-state index contributed by atoms with van der Waals surface area (Å²) in [5.74, 6) is -3.01. The molecule has 18 heteroatoms. The maximum atomic E-state index is 13.7. The summed E-state index contributed by atoms with van der Waals surface area (Å²) in [6.07, 6.45) is 0.693. The highest BCUT2D eigenvalue weighted by Crippen LogP contribution is 2.26.